The van der Waals surface area contributed by atoms with E-state index in [-0.39, 0.29) is 5.91 Å². The number of rotatable bonds is 7. The topological polar surface area (TPSA) is 78.6 Å². The van der Waals surface area contributed by atoms with Gasteiger partial charge in [-0.05, 0) is 43.8 Å². The Bertz CT molecular complexity index is 472. The predicted molar refractivity (Wildman–Crippen MR) is 91.8 cm³/mol. The van der Waals surface area contributed by atoms with Crippen molar-refractivity contribution in [3.8, 4) is 0 Å². The molecule has 1 saturated heterocycles. The number of aliphatic hydroxyl groups is 1. The van der Waals surface area contributed by atoms with E-state index in [1.54, 1.807) is 0 Å². The summed E-state index contributed by atoms with van der Waals surface area (Å²) in [5, 5.41) is 13.2. The number of carbonyl (C=O) groups excluding carboxylic acids is 1. The molecular formula is C18H29N3O2. The highest BCUT2D eigenvalue weighted by Crippen LogP contribution is 2.20. The zero-order valence-corrected chi connectivity index (χ0v) is 13.9. The Kier molecular flexibility index (Phi) is 7.02. The Morgan fingerprint density at radius 2 is 2.00 bits per heavy atom. The van der Waals surface area contributed by atoms with E-state index in [1.807, 2.05) is 37.3 Å². The molecule has 5 heteroatoms. The van der Waals surface area contributed by atoms with Crippen molar-refractivity contribution in [2.45, 2.75) is 38.3 Å². The van der Waals surface area contributed by atoms with Crippen LogP contribution in [-0.2, 0) is 4.79 Å². The van der Waals surface area contributed by atoms with Crippen molar-refractivity contribution in [3.05, 3.63) is 35.9 Å². The lowest BCUT2D eigenvalue weighted by Crippen LogP contribution is -2.44. The number of hydrogen-bond acceptors (Lipinski definition) is 4. The van der Waals surface area contributed by atoms with Gasteiger partial charge >= 0.3 is 0 Å². The number of hydrogen-bond donors (Lipinski definition) is 3. The average Bonchev–Trinajstić information content (AvgIpc) is 2.60. The molecule has 0 bridgehead atoms. The summed E-state index contributed by atoms with van der Waals surface area (Å²) in [6.07, 6.45) is 2.32. The summed E-state index contributed by atoms with van der Waals surface area (Å²) < 4.78 is 0. The maximum absolute atomic E-state index is 11.7. The molecule has 1 aliphatic rings. The van der Waals surface area contributed by atoms with Gasteiger partial charge in [0.2, 0.25) is 5.91 Å². The summed E-state index contributed by atoms with van der Waals surface area (Å²) in [5.41, 5.74) is 6.68. The number of nitrogens with one attached hydrogen (secondary N) is 1. The SMILES string of the molecule is CC[C@H](N)C(=O)NCC1CCN(CC(O)c2ccccc2)CC1. The van der Waals surface area contributed by atoms with Gasteiger partial charge in [-0.3, -0.25) is 4.79 Å². The number of amides is 1. The number of nitrogens with two attached hydrogens (primary N) is 1. The highest BCUT2D eigenvalue weighted by molar-refractivity contribution is 5.81. The van der Waals surface area contributed by atoms with Crippen LogP contribution in [0.3, 0.4) is 0 Å². The van der Waals surface area contributed by atoms with Gasteiger partial charge in [-0.25, -0.2) is 0 Å². The van der Waals surface area contributed by atoms with E-state index < -0.39 is 12.1 Å². The van der Waals surface area contributed by atoms with Gasteiger partial charge in [0.05, 0.1) is 12.1 Å². The third-order valence-corrected chi connectivity index (χ3v) is 4.66. The fraction of sp³-hybridized carbons (Fsp3) is 0.611. The van der Waals surface area contributed by atoms with Crippen LogP contribution in [0.2, 0.25) is 0 Å². The van der Waals surface area contributed by atoms with Gasteiger partial charge in [-0.15, -0.1) is 0 Å². The van der Waals surface area contributed by atoms with Crippen LogP contribution < -0.4 is 11.1 Å². The first-order chi connectivity index (χ1) is 11.1. The van der Waals surface area contributed by atoms with E-state index >= 15 is 0 Å². The van der Waals surface area contributed by atoms with E-state index in [0.717, 1.165) is 31.5 Å². The van der Waals surface area contributed by atoms with Crippen molar-refractivity contribution in [3.63, 3.8) is 0 Å². The van der Waals surface area contributed by atoms with Gasteiger partial charge in [-0.2, -0.15) is 0 Å². The summed E-state index contributed by atoms with van der Waals surface area (Å²) in [5.74, 6) is 0.461. The standard InChI is InChI=1S/C18H29N3O2/c1-2-16(19)18(23)20-12-14-8-10-21(11-9-14)13-17(22)15-6-4-3-5-7-15/h3-7,14,16-17,22H,2,8-13,19H2,1H3,(H,20,23)/t16-,17?/m0/s1. The number of benzene rings is 1. The number of nitrogens with zero attached hydrogens (tertiary/aromatic N) is 1. The van der Waals surface area contributed by atoms with Crippen LogP contribution in [0.1, 0.15) is 37.9 Å². The van der Waals surface area contributed by atoms with Crippen molar-refractivity contribution in [2.75, 3.05) is 26.2 Å². The van der Waals surface area contributed by atoms with Crippen molar-refractivity contribution >= 4 is 5.91 Å². The second-order valence-electron chi connectivity index (χ2n) is 6.43. The highest BCUT2D eigenvalue weighted by atomic mass is 16.3. The summed E-state index contributed by atoms with van der Waals surface area (Å²) >= 11 is 0. The molecule has 4 N–H and O–H groups in total. The molecule has 1 heterocycles. The Morgan fingerprint density at radius 3 is 2.61 bits per heavy atom. The summed E-state index contributed by atoms with van der Waals surface area (Å²) in [7, 11) is 0. The van der Waals surface area contributed by atoms with Crippen molar-refractivity contribution in [2.24, 2.45) is 11.7 Å². The van der Waals surface area contributed by atoms with Gasteiger partial charge in [0.1, 0.15) is 0 Å². The smallest absolute Gasteiger partial charge is 0.236 e. The van der Waals surface area contributed by atoms with Crippen molar-refractivity contribution in [1.29, 1.82) is 0 Å². The molecule has 0 saturated carbocycles. The third-order valence-electron chi connectivity index (χ3n) is 4.66. The Labute approximate surface area is 138 Å². The normalized spacial score (nSPS) is 19.3. The lowest BCUT2D eigenvalue weighted by Gasteiger charge is -2.33. The quantitative estimate of drug-likeness (QED) is 0.707. The van der Waals surface area contributed by atoms with Crippen LogP contribution in [0.4, 0.5) is 0 Å². The second kappa shape index (κ2) is 9.01. The van der Waals surface area contributed by atoms with Crippen molar-refractivity contribution in [1.82, 2.24) is 10.2 Å². The van der Waals surface area contributed by atoms with E-state index in [4.69, 9.17) is 5.73 Å². The molecule has 0 spiro atoms. The molecular weight excluding hydrogens is 290 g/mol. The average molecular weight is 319 g/mol. The van der Waals surface area contributed by atoms with E-state index in [2.05, 4.69) is 10.2 Å². The maximum atomic E-state index is 11.7. The minimum atomic E-state index is -0.435. The number of β-amino-alcohol motifs (C(OH)–C–C–N with tert-alkyl or cyclic N) is 1. The number of aliphatic hydroxyl groups excluding tert-OH is 1. The second-order valence-corrected chi connectivity index (χ2v) is 6.43. The van der Waals surface area contributed by atoms with E-state index in [9.17, 15) is 9.90 Å². The highest BCUT2D eigenvalue weighted by Gasteiger charge is 2.22. The molecule has 2 rings (SSSR count). The Balaban J connectivity index is 1.69. The number of likely N-dealkylation sites (tertiary alicyclic amines) is 1. The lowest BCUT2D eigenvalue weighted by molar-refractivity contribution is -0.122. The van der Waals surface area contributed by atoms with Crippen LogP contribution >= 0.6 is 0 Å². The van der Waals surface area contributed by atoms with Crippen LogP contribution in [0.15, 0.2) is 30.3 Å². The molecule has 128 valence electrons. The fourth-order valence-corrected chi connectivity index (χ4v) is 2.96. The minimum absolute atomic E-state index is 0.0468. The zero-order chi connectivity index (χ0) is 16.7. The molecule has 0 radical (unpaired) electrons. The maximum Gasteiger partial charge on any atom is 0.236 e. The molecule has 1 aromatic carbocycles. The monoisotopic (exact) mass is 319 g/mol. The number of piperidine rings is 1. The first kappa shape index (κ1) is 17.9. The lowest BCUT2D eigenvalue weighted by atomic mass is 9.96. The summed E-state index contributed by atoms with van der Waals surface area (Å²) in [4.78, 5) is 14.0. The van der Waals surface area contributed by atoms with Gasteiger partial charge in [0.25, 0.3) is 0 Å². The molecule has 2 atom stereocenters. The van der Waals surface area contributed by atoms with Crippen LogP contribution in [0.5, 0.6) is 0 Å². The molecule has 1 aromatic rings. The van der Waals surface area contributed by atoms with E-state index in [0.29, 0.717) is 25.4 Å². The molecule has 23 heavy (non-hydrogen) atoms. The molecule has 5 nitrogen and oxygen atoms in total. The third kappa shape index (κ3) is 5.61. The Hall–Kier alpha value is -1.43. The van der Waals surface area contributed by atoms with Crippen LogP contribution in [0.25, 0.3) is 0 Å². The summed E-state index contributed by atoms with van der Waals surface area (Å²) in [6, 6.07) is 9.40. The minimum Gasteiger partial charge on any atom is -0.387 e. The fourth-order valence-electron chi connectivity index (χ4n) is 2.96. The Morgan fingerprint density at radius 1 is 1.35 bits per heavy atom. The van der Waals surface area contributed by atoms with Gasteiger partial charge in [-0.1, -0.05) is 37.3 Å². The zero-order valence-electron chi connectivity index (χ0n) is 13.9. The van der Waals surface area contributed by atoms with E-state index in [1.165, 1.54) is 0 Å². The van der Waals surface area contributed by atoms with Gasteiger partial charge in [0, 0.05) is 13.1 Å². The van der Waals surface area contributed by atoms with Gasteiger partial charge in [0.15, 0.2) is 0 Å². The largest absolute Gasteiger partial charge is 0.387 e. The first-order valence-corrected chi connectivity index (χ1v) is 8.58. The van der Waals surface area contributed by atoms with Gasteiger partial charge < -0.3 is 21.1 Å². The molecule has 1 unspecified atom stereocenters. The molecule has 1 aliphatic heterocycles. The summed E-state index contributed by atoms with van der Waals surface area (Å²) in [6.45, 7) is 5.22. The molecule has 0 aliphatic carbocycles. The first-order valence-electron chi connectivity index (χ1n) is 8.58. The van der Waals surface area contributed by atoms with Crippen LogP contribution in [-0.4, -0.2) is 48.1 Å². The predicted octanol–water partition coefficient (Wildman–Crippen LogP) is 1.29. The van der Waals surface area contributed by atoms with Crippen LogP contribution in [0, 0.1) is 5.92 Å². The van der Waals surface area contributed by atoms with Crippen molar-refractivity contribution < 1.29 is 9.90 Å². The number of carbonyl (C=O) groups is 1. The molecule has 1 amide bonds. The molecule has 0 aromatic heterocycles. The molecule has 1 fully saturated rings.